The molecule has 1 aliphatic rings. The van der Waals surface area contributed by atoms with E-state index in [0.717, 1.165) is 35.2 Å². The third kappa shape index (κ3) is 5.13. The molecule has 3 aromatic rings. The van der Waals surface area contributed by atoms with Crippen LogP contribution in [0.5, 0.6) is 0 Å². The number of amides is 1. The maximum Gasteiger partial charge on any atom is 0.410 e. The Bertz CT molecular complexity index is 1040. The minimum absolute atomic E-state index is 0.230. The predicted octanol–water partition coefficient (Wildman–Crippen LogP) is 5.49. The van der Waals surface area contributed by atoms with Gasteiger partial charge in [0.15, 0.2) is 0 Å². The summed E-state index contributed by atoms with van der Waals surface area (Å²) in [4.78, 5) is 18.7. The first kappa shape index (κ1) is 21.1. The first-order valence-corrected chi connectivity index (χ1v) is 10.8. The molecular formula is C25H30N4O2. The van der Waals surface area contributed by atoms with E-state index >= 15 is 0 Å². The third-order valence-corrected chi connectivity index (χ3v) is 5.50. The van der Waals surface area contributed by atoms with Crippen molar-refractivity contribution in [2.24, 2.45) is 0 Å². The van der Waals surface area contributed by atoms with Crippen LogP contribution in [0.3, 0.4) is 0 Å². The molecule has 1 aromatic carbocycles. The van der Waals surface area contributed by atoms with Gasteiger partial charge in [-0.15, -0.1) is 0 Å². The van der Waals surface area contributed by atoms with Gasteiger partial charge in [0.05, 0.1) is 17.9 Å². The Kier molecular flexibility index (Phi) is 5.81. The van der Waals surface area contributed by atoms with E-state index in [0.29, 0.717) is 13.1 Å². The van der Waals surface area contributed by atoms with E-state index in [-0.39, 0.29) is 12.1 Å². The van der Waals surface area contributed by atoms with E-state index < -0.39 is 5.60 Å². The van der Waals surface area contributed by atoms with Crippen LogP contribution in [0.2, 0.25) is 0 Å². The lowest BCUT2D eigenvalue weighted by Crippen LogP contribution is -2.42. The Morgan fingerprint density at radius 2 is 1.81 bits per heavy atom. The summed E-state index contributed by atoms with van der Waals surface area (Å²) in [5.41, 5.74) is 4.95. The number of aryl methyl sites for hydroxylation is 1. The van der Waals surface area contributed by atoms with Gasteiger partial charge in [0.1, 0.15) is 5.60 Å². The number of benzene rings is 1. The molecule has 0 saturated carbocycles. The first-order chi connectivity index (χ1) is 14.8. The van der Waals surface area contributed by atoms with Crippen molar-refractivity contribution in [1.29, 1.82) is 0 Å². The number of carbonyl (C=O) groups is 1. The predicted molar refractivity (Wildman–Crippen MR) is 122 cm³/mol. The Morgan fingerprint density at radius 3 is 2.45 bits per heavy atom. The summed E-state index contributed by atoms with van der Waals surface area (Å²) in [7, 11) is 0. The Morgan fingerprint density at radius 1 is 1.03 bits per heavy atom. The number of carbonyl (C=O) groups excluding carboxylic acids is 1. The number of hydrogen-bond donors (Lipinski definition) is 0. The lowest BCUT2D eigenvalue weighted by molar-refractivity contribution is 0.0185. The second-order valence-electron chi connectivity index (χ2n) is 9.21. The molecule has 2 aromatic heterocycles. The van der Waals surface area contributed by atoms with E-state index in [2.05, 4.69) is 59.6 Å². The summed E-state index contributed by atoms with van der Waals surface area (Å²) in [6, 6.07) is 12.8. The average molecular weight is 419 g/mol. The SMILES string of the molecule is Cc1cccc(-c2ccc(-c3cnn(C4CCN(C(=O)OC(C)(C)C)CC4)c3)cn2)c1. The maximum absolute atomic E-state index is 12.3. The van der Waals surface area contributed by atoms with Crippen LogP contribution in [0.25, 0.3) is 22.4 Å². The molecule has 0 unspecified atom stereocenters. The van der Waals surface area contributed by atoms with Crippen molar-refractivity contribution in [3.05, 3.63) is 60.6 Å². The van der Waals surface area contributed by atoms with Crippen LogP contribution < -0.4 is 0 Å². The zero-order chi connectivity index (χ0) is 22.0. The van der Waals surface area contributed by atoms with E-state index in [1.54, 1.807) is 4.90 Å². The number of likely N-dealkylation sites (tertiary alicyclic amines) is 1. The molecule has 6 heteroatoms. The molecule has 162 valence electrons. The first-order valence-electron chi connectivity index (χ1n) is 10.8. The lowest BCUT2D eigenvalue weighted by Gasteiger charge is -2.33. The van der Waals surface area contributed by atoms with Crippen LogP contribution in [0.4, 0.5) is 4.79 Å². The zero-order valence-corrected chi connectivity index (χ0v) is 18.7. The number of piperidine rings is 1. The fourth-order valence-electron chi connectivity index (χ4n) is 3.87. The molecule has 4 rings (SSSR count). The second kappa shape index (κ2) is 8.53. The number of hydrogen-bond acceptors (Lipinski definition) is 4. The van der Waals surface area contributed by atoms with Gasteiger partial charge in [-0.2, -0.15) is 5.10 Å². The molecular weight excluding hydrogens is 388 g/mol. The summed E-state index contributed by atoms with van der Waals surface area (Å²) in [6.07, 6.45) is 7.38. The van der Waals surface area contributed by atoms with E-state index in [1.165, 1.54) is 5.56 Å². The van der Waals surface area contributed by atoms with Gasteiger partial charge in [-0.05, 0) is 52.7 Å². The summed E-state index contributed by atoms with van der Waals surface area (Å²) in [5, 5.41) is 4.59. The van der Waals surface area contributed by atoms with Crippen molar-refractivity contribution in [2.75, 3.05) is 13.1 Å². The molecule has 0 aliphatic carbocycles. The van der Waals surface area contributed by atoms with E-state index in [4.69, 9.17) is 4.74 Å². The quantitative estimate of drug-likeness (QED) is 0.564. The fraction of sp³-hybridized carbons (Fsp3) is 0.400. The highest BCUT2D eigenvalue weighted by Crippen LogP contribution is 2.27. The van der Waals surface area contributed by atoms with Crippen LogP contribution in [-0.4, -0.2) is 44.4 Å². The number of ether oxygens (including phenoxy) is 1. The molecule has 0 spiro atoms. The van der Waals surface area contributed by atoms with Gasteiger partial charge in [0, 0.05) is 42.2 Å². The van der Waals surface area contributed by atoms with Crippen molar-refractivity contribution >= 4 is 6.09 Å². The molecule has 0 radical (unpaired) electrons. The number of nitrogens with zero attached hydrogens (tertiary/aromatic N) is 4. The highest BCUT2D eigenvalue weighted by Gasteiger charge is 2.27. The number of pyridine rings is 1. The molecule has 6 nitrogen and oxygen atoms in total. The Hall–Kier alpha value is -3.15. The highest BCUT2D eigenvalue weighted by molar-refractivity contribution is 5.68. The van der Waals surface area contributed by atoms with Gasteiger partial charge in [-0.3, -0.25) is 9.67 Å². The van der Waals surface area contributed by atoms with Gasteiger partial charge < -0.3 is 9.64 Å². The number of aromatic nitrogens is 3. The van der Waals surface area contributed by atoms with Crippen LogP contribution in [0, 0.1) is 6.92 Å². The molecule has 1 aliphatic heterocycles. The van der Waals surface area contributed by atoms with Crippen molar-refractivity contribution < 1.29 is 9.53 Å². The maximum atomic E-state index is 12.3. The number of rotatable bonds is 3. The molecule has 0 N–H and O–H groups in total. The van der Waals surface area contributed by atoms with Crippen LogP contribution in [-0.2, 0) is 4.74 Å². The van der Waals surface area contributed by atoms with Gasteiger partial charge in [-0.1, -0.05) is 29.8 Å². The van der Waals surface area contributed by atoms with Gasteiger partial charge in [0.2, 0.25) is 0 Å². The fourth-order valence-corrected chi connectivity index (χ4v) is 3.87. The molecule has 1 amide bonds. The van der Waals surface area contributed by atoms with Crippen molar-refractivity contribution in [1.82, 2.24) is 19.7 Å². The van der Waals surface area contributed by atoms with Crippen LogP contribution in [0.15, 0.2) is 55.0 Å². The molecule has 1 saturated heterocycles. The van der Waals surface area contributed by atoms with E-state index in [9.17, 15) is 4.79 Å². The molecule has 0 atom stereocenters. The van der Waals surface area contributed by atoms with Crippen LogP contribution >= 0.6 is 0 Å². The van der Waals surface area contributed by atoms with Crippen molar-refractivity contribution in [3.63, 3.8) is 0 Å². The molecule has 31 heavy (non-hydrogen) atoms. The Balaban J connectivity index is 1.39. The molecule has 0 bridgehead atoms. The molecule has 3 heterocycles. The zero-order valence-electron chi connectivity index (χ0n) is 18.7. The largest absolute Gasteiger partial charge is 0.444 e. The lowest BCUT2D eigenvalue weighted by atomic mass is 10.1. The van der Waals surface area contributed by atoms with Crippen LogP contribution in [0.1, 0.15) is 45.2 Å². The molecule has 1 fully saturated rings. The normalized spacial score (nSPS) is 15.2. The Labute approximate surface area is 183 Å². The topological polar surface area (TPSA) is 60.2 Å². The third-order valence-electron chi connectivity index (χ3n) is 5.50. The van der Waals surface area contributed by atoms with E-state index in [1.807, 2.05) is 37.8 Å². The van der Waals surface area contributed by atoms with Crippen molar-refractivity contribution in [3.8, 4) is 22.4 Å². The minimum Gasteiger partial charge on any atom is -0.444 e. The summed E-state index contributed by atoms with van der Waals surface area (Å²) >= 11 is 0. The average Bonchev–Trinajstić information content (AvgIpc) is 3.23. The van der Waals surface area contributed by atoms with Gasteiger partial charge in [-0.25, -0.2) is 4.79 Å². The van der Waals surface area contributed by atoms with Gasteiger partial charge in [0.25, 0.3) is 0 Å². The van der Waals surface area contributed by atoms with Crippen molar-refractivity contribution in [2.45, 2.75) is 52.2 Å². The summed E-state index contributed by atoms with van der Waals surface area (Å²) in [5.74, 6) is 0. The summed E-state index contributed by atoms with van der Waals surface area (Å²) in [6.45, 7) is 9.13. The highest BCUT2D eigenvalue weighted by atomic mass is 16.6. The minimum atomic E-state index is -0.465. The second-order valence-corrected chi connectivity index (χ2v) is 9.21. The standard InChI is InChI=1S/C25H30N4O2/c1-18-6-5-7-19(14-18)23-9-8-20(15-26-23)21-16-27-29(17-21)22-10-12-28(13-11-22)24(30)31-25(2,3)4/h5-9,14-17,22H,10-13H2,1-4H3. The summed E-state index contributed by atoms with van der Waals surface area (Å²) < 4.78 is 7.51. The smallest absolute Gasteiger partial charge is 0.410 e. The monoisotopic (exact) mass is 418 g/mol. The van der Waals surface area contributed by atoms with Gasteiger partial charge >= 0.3 is 6.09 Å².